The summed E-state index contributed by atoms with van der Waals surface area (Å²) in [6.45, 7) is 1.41. The number of hydrogen-bond acceptors (Lipinski definition) is 3. The van der Waals surface area contributed by atoms with E-state index in [0.29, 0.717) is 13.1 Å². The quantitative estimate of drug-likeness (QED) is 0.686. The van der Waals surface area contributed by atoms with Crippen molar-refractivity contribution >= 4 is 5.91 Å². The topological polar surface area (TPSA) is 61.4 Å². The van der Waals surface area contributed by atoms with Crippen LogP contribution in [-0.2, 0) is 24.4 Å². The standard InChI is InChI=1S/C20H24N2O2/c23-14-16-9-10-18-17(12-16)13-22-19(18)20(24)21-11-5-4-8-15-6-2-1-3-7-15/h1-3,6-7,9-10,12,19,22-23H,4-5,8,11,13-14H2,(H,21,24). The van der Waals surface area contributed by atoms with Crippen LogP contribution in [0.4, 0.5) is 0 Å². The van der Waals surface area contributed by atoms with E-state index in [-0.39, 0.29) is 18.6 Å². The number of amides is 1. The number of nitrogens with one attached hydrogen (secondary N) is 2. The number of unbranched alkanes of at least 4 members (excludes halogenated alkanes) is 1. The molecule has 24 heavy (non-hydrogen) atoms. The first-order chi connectivity index (χ1) is 11.8. The average molecular weight is 324 g/mol. The van der Waals surface area contributed by atoms with Crippen molar-refractivity contribution < 1.29 is 9.90 Å². The molecule has 4 heteroatoms. The Balaban J connectivity index is 1.44. The van der Waals surface area contributed by atoms with Crippen LogP contribution in [-0.4, -0.2) is 17.6 Å². The van der Waals surface area contributed by atoms with Crippen molar-refractivity contribution in [1.82, 2.24) is 10.6 Å². The smallest absolute Gasteiger partial charge is 0.241 e. The van der Waals surface area contributed by atoms with Gasteiger partial charge in [0.25, 0.3) is 0 Å². The van der Waals surface area contributed by atoms with Crippen LogP contribution in [0, 0.1) is 0 Å². The fourth-order valence-corrected chi connectivity index (χ4v) is 3.16. The van der Waals surface area contributed by atoms with Crippen LogP contribution in [0.1, 0.15) is 41.1 Å². The van der Waals surface area contributed by atoms with Gasteiger partial charge in [-0.25, -0.2) is 0 Å². The van der Waals surface area contributed by atoms with Crippen LogP contribution < -0.4 is 10.6 Å². The van der Waals surface area contributed by atoms with E-state index >= 15 is 0 Å². The van der Waals surface area contributed by atoms with Crippen LogP contribution in [0.2, 0.25) is 0 Å². The number of benzene rings is 2. The molecule has 1 atom stereocenters. The Morgan fingerprint density at radius 2 is 1.96 bits per heavy atom. The summed E-state index contributed by atoms with van der Waals surface area (Å²) in [7, 11) is 0. The van der Waals surface area contributed by atoms with Crippen LogP contribution in [0.15, 0.2) is 48.5 Å². The Bertz CT molecular complexity index is 685. The third kappa shape index (κ3) is 4.02. The highest BCUT2D eigenvalue weighted by atomic mass is 16.3. The Labute approximate surface area is 142 Å². The zero-order valence-corrected chi connectivity index (χ0v) is 13.8. The van der Waals surface area contributed by atoms with Gasteiger partial charge in [-0.2, -0.15) is 0 Å². The molecule has 0 saturated carbocycles. The van der Waals surface area contributed by atoms with Crippen LogP contribution in [0.25, 0.3) is 0 Å². The van der Waals surface area contributed by atoms with Crippen molar-refractivity contribution in [1.29, 1.82) is 0 Å². The number of aliphatic hydroxyl groups excluding tert-OH is 1. The van der Waals surface area contributed by atoms with Crippen LogP contribution in [0.5, 0.6) is 0 Å². The lowest BCUT2D eigenvalue weighted by atomic mass is 10.0. The highest BCUT2D eigenvalue weighted by molar-refractivity contribution is 5.84. The molecule has 3 rings (SSSR count). The monoisotopic (exact) mass is 324 g/mol. The van der Waals surface area contributed by atoms with Crippen LogP contribution >= 0.6 is 0 Å². The van der Waals surface area contributed by atoms with Gasteiger partial charge in [0.05, 0.1) is 6.61 Å². The second-order valence-electron chi connectivity index (χ2n) is 6.24. The summed E-state index contributed by atoms with van der Waals surface area (Å²) in [5, 5.41) is 15.5. The first-order valence-corrected chi connectivity index (χ1v) is 8.55. The summed E-state index contributed by atoms with van der Waals surface area (Å²) in [6, 6.07) is 15.9. The minimum Gasteiger partial charge on any atom is -0.392 e. The summed E-state index contributed by atoms with van der Waals surface area (Å²) < 4.78 is 0. The number of carbonyl (C=O) groups is 1. The normalized spacial score (nSPS) is 16.0. The molecule has 3 N–H and O–H groups in total. The number of carbonyl (C=O) groups excluding carboxylic acids is 1. The molecule has 1 amide bonds. The SMILES string of the molecule is O=C(NCCCCc1ccccc1)C1NCc2cc(CO)ccc21. The molecule has 0 spiro atoms. The minimum atomic E-state index is -0.276. The van der Waals surface area contributed by atoms with Gasteiger partial charge in [-0.1, -0.05) is 48.5 Å². The maximum atomic E-state index is 12.4. The van der Waals surface area contributed by atoms with Crippen molar-refractivity contribution in [2.75, 3.05) is 6.54 Å². The third-order valence-corrected chi connectivity index (χ3v) is 4.49. The zero-order valence-electron chi connectivity index (χ0n) is 13.8. The molecule has 0 aromatic heterocycles. The molecule has 1 aliphatic rings. The van der Waals surface area contributed by atoms with Crippen molar-refractivity contribution in [3.05, 3.63) is 70.8 Å². The number of aryl methyl sites for hydroxylation is 1. The van der Waals surface area contributed by atoms with Gasteiger partial charge in [-0.3, -0.25) is 10.1 Å². The lowest BCUT2D eigenvalue weighted by Crippen LogP contribution is -2.34. The molecule has 1 unspecified atom stereocenters. The number of rotatable bonds is 7. The molecule has 0 aliphatic carbocycles. The largest absolute Gasteiger partial charge is 0.392 e. The Kier molecular flexibility index (Phi) is 5.62. The van der Waals surface area contributed by atoms with Gasteiger partial charge in [-0.05, 0) is 41.5 Å². The first kappa shape index (κ1) is 16.7. The summed E-state index contributed by atoms with van der Waals surface area (Å²) in [5.74, 6) is 0.0326. The van der Waals surface area contributed by atoms with E-state index in [1.54, 1.807) is 0 Å². The summed E-state index contributed by atoms with van der Waals surface area (Å²) >= 11 is 0. The summed E-state index contributed by atoms with van der Waals surface area (Å²) in [4.78, 5) is 12.4. The van der Waals surface area contributed by atoms with E-state index in [9.17, 15) is 9.90 Å². The Hall–Kier alpha value is -2.17. The van der Waals surface area contributed by atoms with Crippen molar-refractivity contribution in [3.63, 3.8) is 0 Å². The minimum absolute atomic E-state index is 0.0326. The maximum Gasteiger partial charge on any atom is 0.241 e. The molecule has 0 bridgehead atoms. The average Bonchev–Trinajstić information content (AvgIpc) is 3.05. The van der Waals surface area contributed by atoms with Gasteiger partial charge >= 0.3 is 0 Å². The van der Waals surface area contributed by atoms with E-state index in [1.165, 1.54) is 5.56 Å². The molecule has 0 saturated heterocycles. The molecule has 0 fully saturated rings. The number of fused-ring (bicyclic) bond motifs is 1. The van der Waals surface area contributed by atoms with Gasteiger partial charge in [-0.15, -0.1) is 0 Å². The fraction of sp³-hybridized carbons (Fsp3) is 0.350. The van der Waals surface area contributed by atoms with Gasteiger partial charge in [0, 0.05) is 13.1 Å². The molecule has 2 aromatic carbocycles. The van der Waals surface area contributed by atoms with Crippen LogP contribution in [0.3, 0.4) is 0 Å². The molecule has 1 aliphatic heterocycles. The van der Waals surface area contributed by atoms with Crippen molar-refractivity contribution in [3.8, 4) is 0 Å². The lowest BCUT2D eigenvalue weighted by molar-refractivity contribution is -0.123. The van der Waals surface area contributed by atoms with Gasteiger partial charge in [0.15, 0.2) is 0 Å². The van der Waals surface area contributed by atoms with E-state index in [4.69, 9.17) is 0 Å². The van der Waals surface area contributed by atoms with Gasteiger partial charge in [0.1, 0.15) is 6.04 Å². The molecule has 126 valence electrons. The van der Waals surface area contributed by atoms with Gasteiger partial charge in [0.2, 0.25) is 5.91 Å². The number of hydrogen-bond donors (Lipinski definition) is 3. The molecular formula is C20H24N2O2. The molecule has 1 heterocycles. The molecule has 2 aromatic rings. The molecular weight excluding hydrogens is 300 g/mol. The third-order valence-electron chi connectivity index (χ3n) is 4.49. The van der Waals surface area contributed by atoms with E-state index in [2.05, 4.69) is 34.9 Å². The van der Waals surface area contributed by atoms with Crippen molar-refractivity contribution in [2.24, 2.45) is 0 Å². The van der Waals surface area contributed by atoms with E-state index in [0.717, 1.165) is 36.0 Å². The lowest BCUT2D eigenvalue weighted by Gasteiger charge is -2.13. The first-order valence-electron chi connectivity index (χ1n) is 8.55. The zero-order chi connectivity index (χ0) is 16.8. The highest BCUT2D eigenvalue weighted by Gasteiger charge is 2.27. The second-order valence-corrected chi connectivity index (χ2v) is 6.24. The van der Waals surface area contributed by atoms with Gasteiger partial charge < -0.3 is 10.4 Å². The molecule has 0 radical (unpaired) electrons. The Morgan fingerprint density at radius 1 is 1.12 bits per heavy atom. The van der Waals surface area contributed by atoms with E-state index in [1.807, 2.05) is 24.3 Å². The Morgan fingerprint density at radius 3 is 2.75 bits per heavy atom. The molecule has 4 nitrogen and oxygen atoms in total. The number of aliphatic hydroxyl groups is 1. The highest BCUT2D eigenvalue weighted by Crippen LogP contribution is 2.26. The summed E-state index contributed by atoms with van der Waals surface area (Å²) in [5.41, 5.74) is 4.35. The second kappa shape index (κ2) is 8.08. The van der Waals surface area contributed by atoms with E-state index < -0.39 is 0 Å². The predicted octanol–water partition coefficient (Wildman–Crippen LogP) is 2.46. The van der Waals surface area contributed by atoms with Crippen molar-refractivity contribution in [2.45, 2.75) is 38.5 Å². The fourth-order valence-electron chi connectivity index (χ4n) is 3.16. The summed E-state index contributed by atoms with van der Waals surface area (Å²) in [6.07, 6.45) is 3.09. The maximum absolute atomic E-state index is 12.4. The predicted molar refractivity (Wildman–Crippen MR) is 94.3 cm³/mol.